The van der Waals surface area contributed by atoms with Crippen LogP contribution in [-0.2, 0) is 38.2 Å². The van der Waals surface area contributed by atoms with Crippen LogP contribution < -0.4 is 16.0 Å². The molecule has 258 valence electrons. The highest BCUT2D eigenvalue weighted by atomic mass is 16.6. The van der Waals surface area contributed by atoms with Crippen LogP contribution >= 0.6 is 0 Å². The lowest BCUT2D eigenvalue weighted by Gasteiger charge is -2.34. The van der Waals surface area contributed by atoms with Gasteiger partial charge >= 0.3 is 11.9 Å². The summed E-state index contributed by atoms with van der Waals surface area (Å²) in [6, 6.07) is -3.95. The number of nitrogens with zero attached hydrogens (tertiary/aromatic N) is 1. The molecule has 1 fully saturated rings. The third-order valence-corrected chi connectivity index (χ3v) is 7.74. The van der Waals surface area contributed by atoms with E-state index in [1.165, 1.54) is 11.9 Å². The van der Waals surface area contributed by atoms with Gasteiger partial charge < -0.3 is 30.3 Å². The Morgan fingerprint density at radius 3 is 1.76 bits per heavy atom. The molecular weight excluding hydrogens is 580 g/mol. The Morgan fingerprint density at radius 2 is 1.27 bits per heavy atom. The molecule has 0 aromatic carbocycles. The lowest BCUT2D eigenvalue weighted by atomic mass is 9.97. The first-order valence-corrected chi connectivity index (χ1v) is 16.3. The number of esters is 2. The molecule has 0 saturated carbocycles. The minimum Gasteiger partial charge on any atom is -0.464 e. The minimum atomic E-state index is -1.26. The van der Waals surface area contributed by atoms with E-state index in [2.05, 4.69) is 16.0 Å². The van der Waals surface area contributed by atoms with Crippen molar-refractivity contribution in [1.82, 2.24) is 20.9 Å². The Morgan fingerprint density at radius 1 is 0.711 bits per heavy atom. The molecule has 1 heterocycles. The van der Waals surface area contributed by atoms with Crippen LogP contribution in [0.2, 0.25) is 0 Å². The van der Waals surface area contributed by atoms with Crippen molar-refractivity contribution in [2.24, 2.45) is 35.5 Å². The highest BCUT2D eigenvalue weighted by molar-refractivity contribution is 5.94. The molecule has 1 saturated heterocycles. The van der Waals surface area contributed by atoms with Crippen LogP contribution in [0.15, 0.2) is 0 Å². The molecule has 12 nitrogen and oxygen atoms in total. The molecule has 45 heavy (non-hydrogen) atoms. The standard InChI is InChI=1S/C33H58N4O8/c1-17(2)13-23-32(42)45-28(21(9)10)30(40)36-27(20(7)8)31(41)37(12)24(14-18(3)4)33(43)44-16-22(11)15-25(38)35-26(19(5)6)29(39)34-23/h17-24,26-28H,13-16H2,1-12H3,(H,34,39)(H,35,38)(H,36,40)/t22-,23+,24+,26-,27+,28+/m0/s1. The summed E-state index contributed by atoms with van der Waals surface area (Å²) in [5, 5.41) is 8.25. The van der Waals surface area contributed by atoms with E-state index in [-0.39, 0.29) is 49.0 Å². The molecule has 4 amide bonds. The van der Waals surface area contributed by atoms with E-state index in [0.29, 0.717) is 6.42 Å². The van der Waals surface area contributed by atoms with Gasteiger partial charge in [0.05, 0.1) is 6.61 Å². The summed E-state index contributed by atoms with van der Waals surface area (Å²) < 4.78 is 11.3. The van der Waals surface area contributed by atoms with Crippen LogP contribution in [-0.4, -0.2) is 84.4 Å². The summed E-state index contributed by atoms with van der Waals surface area (Å²) in [7, 11) is 1.51. The first kappa shape index (κ1) is 39.8. The highest BCUT2D eigenvalue weighted by Crippen LogP contribution is 2.19. The van der Waals surface area contributed by atoms with E-state index >= 15 is 0 Å². The van der Waals surface area contributed by atoms with E-state index < -0.39 is 71.8 Å². The van der Waals surface area contributed by atoms with Crippen molar-refractivity contribution in [3.05, 3.63) is 0 Å². The Labute approximate surface area is 269 Å². The van der Waals surface area contributed by atoms with Gasteiger partial charge in [0.15, 0.2) is 6.10 Å². The van der Waals surface area contributed by atoms with Crippen molar-refractivity contribution in [3.63, 3.8) is 0 Å². The van der Waals surface area contributed by atoms with Crippen molar-refractivity contribution < 1.29 is 38.2 Å². The largest absolute Gasteiger partial charge is 0.464 e. The van der Waals surface area contributed by atoms with E-state index in [0.717, 1.165) is 0 Å². The van der Waals surface area contributed by atoms with Gasteiger partial charge in [-0.05, 0) is 48.3 Å². The van der Waals surface area contributed by atoms with Crippen LogP contribution in [0.4, 0.5) is 0 Å². The van der Waals surface area contributed by atoms with Gasteiger partial charge in [-0.1, -0.05) is 76.2 Å². The lowest BCUT2D eigenvalue weighted by molar-refractivity contribution is -0.163. The average molecular weight is 639 g/mol. The molecule has 0 aromatic rings. The zero-order valence-corrected chi connectivity index (χ0v) is 29.4. The molecule has 0 bridgehead atoms. The van der Waals surface area contributed by atoms with Gasteiger partial charge in [0.2, 0.25) is 17.7 Å². The molecule has 1 aliphatic heterocycles. The number of cyclic esters (lactones) is 2. The summed E-state index contributed by atoms with van der Waals surface area (Å²) in [4.78, 5) is 81.9. The van der Waals surface area contributed by atoms with Crippen molar-refractivity contribution in [1.29, 1.82) is 0 Å². The van der Waals surface area contributed by atoms with Crippen molar-refractivity contribution >= 4 is 35.6 Å². The zero-order chi connectivity index (χ0) is 34.8. The molecule has 0 spiro atoms. The minimum absolute atomic E-state index is 0.00682. The third kappa shape index (κ3) is 12.6. The predicted octanol–water partition coefficient (Wildman–Crippen LogP) is 2.82. The number of carbonyl (C=O) groups is 6. The summed E-state index contributed by atoms with van der Waals surface area (Å²) in [5.74, 6) is -4.97. The monoisotopic (exact) mass is 638 g/mol. The van der Waals surface area contributed by atoms with E-state index in [1.54, 1.807) is 48.5 Å². The lowest BCUT2D eigenvalue weighted by Crippen LogP contribution is -2.58. The van der Waals surface area contributed by atoms with Crippen molar-refractivity contribution in [2.45, 2.75) is 126 Å². The summed E-state index contributed by atoms with van der Waals surface area (Å²) in [6.45, 7) is 19.8. The number of carbonyl (C=O) groups excluding carboxylic acids is 6. The molecule has 0 aromatic heterocycles. The van der Waals surface area contributed by atoms with Gasteiger partial charge in [0, 0.05) is 13.5 Å². The zero-order valence-electron chi connectivity index (χ0n) is 29.4. The number of rotatable bonds is 7. The number of amides is 4. The maximum atomic E-state index is 13.8. The molecule has 12 heteroatoms. The normalized spacial score (nSPS) is 27.4. The predicted molar refractivity (Wildman–Crippen MR) is 170 cm³/mol. The molecule has 3 N–H and O–H groups in total. The summed E-state index contributed by atoms with van der Waals surface area (Å²) in [5.41, 5.74) is 0. The van der Waals surface area contributed by atoms with Gasteiger partial charge in [0.25, 0.3) is 5.91 Å². The average Bonchev–Trinajstić information content (AvgIpc) is 2.91. The van der Waals surface area contributed by atoms with Crippen molar-refractivity contribution in [3.8, 4) is 0 Å². The SMILES string of the molecule is CC(C)C[C@@H]1C(=O)OC[C@@H](C)CC(=O)N[C@@H](C(C)C)C(=O)N[C@H](CC(C)C)C(=O)O[C@H](C(C)C)C(=O)N[C@H](C(C)C)C(=O)N1C. The Kier molecular flexibility index (Phi) is 16.0. The summed E-state index contributed by atoms with van der Waals surface area (Å²) >= 11 is 0. The van der Waals surface area contributed by atoms with Gasteiger partial charge in [-0.15, -0.1) is 0 Å². The van der Waals surface area contributed by atoms with E-state index in [4.69, 9.17) is 9.47 Å². The van der Waals surface area contributed by atoms with Gasteiger partial charge in [-0.3, -0.25) is 19.2 Å². The fourth-order valence-electron chi connectivity index (χ4n) is 5.09. The van der Waals surface area contributed by atoms with Crippen LogP contribution in [0.25, 0.3) is 0 Å². The van der Waals surface area contributed by atoms with Crippen LogP contribution in [0.1, 0.15) is 95.4 Å². The topological polar surface area (TPSA) is 160 Å². The number of hydrogen-bond donors (Lipinski definition) is 3. The smallest absolute Gasteiger partial charge is 0.329 e. The number of hydrogen-bond acceptors (Lipinski definition) is 8. The number of likely N-dealkylation sites (N-methyl/N-ethyl adjacent to an activating group) is 1. The Bertz CT molecular complexity index is 1040. The quantitative estimate of drug-likeness (QED) is 0.359. The van der Waals surface area contributed by atoms with Crippen molar-refractivity contribution in [2.75, 3.05) is 13.7 Å². The maximum Gasteiger partial charge on any atom is 0.329 e. The van der Waals surface area contributed by atoms with Gasteiger partial charge in [0.1, 0.15) is 24.2 Å². The second-order valence-corrected chi connectivity index (χ2v) is 14.3. The second kappa shape index (κ2) is 18.1. The van der Waals surface area contributed by atoms with Crippen LogP contribution in [0.3, 0.4) is 0 Å². The van der Waals surface area contributed by atoms with Gasteiger partial charge in [-0.2, -0.15) is 0 Å². The highest BCUT2D eigenvalue weighted by Gasteiger charge is 2.39. The summed E-state index contributed by atoms with van der Waals surface area (Å²) in [6.07, 6.45) is -0.702. The molecule has 1 rings (SSSR count). The second-order valence-electron chi connectivity index (χ2n) is 14.3. The first-order valence-electron chi connectivity index (χ1n) is 16.3. The fourth-order valence-corrected chi connectivity index (χ4v) is 5.09. The Hall–Kier alpha value is -3.18. The maximum absolute atomic E-state index is 13.8. The van der Waals surface area contributed by atoms with E-state index in [1.807, 2.05) is 27.7 Å². The van der Waals surface area contributed by atoms with E-state index in [9.17, 15) is 28.8 Å². The molecule has 0 unspecified atom stereocenters. The molecule has 0 aliphatic carbocycles. The van der Waals surface area contributed by atoms with Gasteiger partial charge in [-0.25, -0.2) is 9.59 Å². The molecular formula is C33H58N4O8. The Balaban J connectivity index is 3.61. The number of nitrogens with one attached hydrogen (secondary N) is 3. The molecule has 0 radical (unpaired) electrons. The molecule has 1 aliphatic rings. The molecule has 6 atom stereocenters. The first-order chi connectivity index (χ1) is 20.8. The number of ether oxygens (including phenoxy) is 2. The van der Waals surface area contributed by atoms with Crippen LogP contribution in [0, 0.1) is 35.5 Å². The fraction of sp³-hybridized carbons (Fsp3) is 0.818. The third-order valence-electron chi connectivity index (χ3n) is 7.74. The van der Waals surface area contributed by atoms with Crippen LogP contribution in [0.5, 0.6) is 0 Å².